The Bertz CT molecular complexity index is 121. The van der Waals surface area contributed by atoms with Crippen molar-refractivity contribution in [3.05, 3.63) is 0 Å². The molecule has 0 saturated carbocycles. The van der Waals surface area contributed by atoms with E-state index in [1.807, 2.05) is 0 Å². The molecule has 0 aromatic rings. The third-order valence-electron chi connectivity index (χ3n) is 0.383. The van der Waals surface area contributed by atoms with Crippen LogP contribution in [0.3, 0.4) is 0 Å². The molecule has 0 unspecified atom stereocenters. The van der Waals surface area contributed by atoms with E-state index in [0.717, 1.165) is 0 Å². The minimum Gasteiger partial charge on any atom is -0.249 e. The summed E-state index contributed by atoms with van der Waals surface area (Å²) < 4.78 is 68.2. The first kappa shape index (κ1) is 9.89. The molecule has 66 valence electrons. The van der Waals surface area contributed by atoms with E-state index >= 15 is 0 Å². The molecule has 0 amide bonds. The van der Waals surface area contributed by atoms with Crippen molar-refractivity contribution in [2.45, 2.75) is 0 Å². The molecule has 0 aliphatic heterocycles. The Morgan fingerprint density at radius 2 is 1.40 bits per heavy atom. The molecule has 0 atom stereocenters. The monoisotopic (exact) mass is 190 g/mol. The van der Waals surface area contributed by atoms with Crippen LogP contribution in [0, 0.1) is 0 Å². The summed E-state index contributed by atoms with van der Waals surface area (Å²) in [7, 11) is -9.80. The number of hydrogen-bond donors (Lipinski definition) is 0. The Hall–Kier alpha value is -0.110. The Balaban J connectivity index is 4.13. The predicted octanol–water partition coefficient (Wildman–Crippen LogP) is 3.19. The van der Waals surface area contributed by atoms with Gasteiger partial charge in [-0.05, 0) is 0 Å². The van der Waals surface area contributed by atoms with E-state index in [9.17, 15) is 23.8 Å². The van der Waals surface area contributed by atoms with Gasteiger partial charge in [-0.2, -0.15) is 0 Å². The molecule has 10 heavy (non-hydrogen) atoms. The minimum atomic E-state index is -9.80. The Morgan fingerprint density at radius 1 is 1.00 bits per heavy atom. The summed E-state index contributed by atoms with van der Waals surface area (Å²) in [5.74, 6) is 0. The van der Waals surface area contributed by atoms with Gasteiger partial charge < -0.3 is 0 Å². The summed E-state index contributed by atoms with van der Waals surface area (Å²) >= 11 is 0. The van der Waals surface area contributed by atoms with Crippen molar-refractivity contribution in [2.75, 3.05) is 13.3 Å². The van der Waals surface area contributed by atoms with Gasteiger partial charge in [-0.25, -0.2) is 8.57 Å². The van der Waals surface area contributed by atoms with Crippen molar-refractivity contribution in [3.8, 4) is 0 Å². The smallest absolute Gasteiger partial charge is 0.249 e. The maximum absolute atomic E-state index is 11.0. The van der Waals surface area contributed by atoms with Gasteiger partial charge in [-0.3, -0.25) is 0 Å². The van der Waals surface area contributed by atoms with Gasteiger partial charge >= 0.3 is 10.5 Å². The van der Waals surface area contributed by atoms with E-state index in [-0.39, 0.29) is 0 Å². The van der Waals surface area contributed by atoms with Crippen LogP contribution in [0.25, 0.3) is 0 Å². The van der Waals surface area contributed by atoms with Crippen molar-refractivity contribution in [1.82, 2.24) is 0 Å². The zero-order valence-corrected chi connectivity index (χ0v) is 5.31. The van der Waals surface area contributed by atoms with Crippen molar-refractivity contribution in [2.24, 2.45) is 0 Å². The SMILES string of the molecule is FCCOS(F)(F)(F)(F)F. The second kappa shape index (κ2) is 1.73. The van der Waals surface area contributed by atoms with Crippen molar-refractivity contribution in [1.29, 1.82) is 0 Å². The van der Waals surface area contributed by atoms with Gasteiger partial charge in [0.25, 0.3) is 0 Å². The molecule has 0 spiro atoms. The number of hydrogen-bond acceptors (Lipinski definition) is 1. The molecule has 0 aliphatic rings. The van der Waals surface area contributed by atoms with E-state index in [0.29, 0.717) is 0 Å². The van der Waals surface area contributed by atoms with E-state index in [4.69, 9.17) is 0 Å². The van der Waals surface area contributed by atoms with E-state index in [2.05, 4.69) is 4.18 Å². The quantitative estimate of drug-likeness (QED) is 0.621. The zero-order chi connectivity index (χ0) is 8.53. The second-order valence-electron chi connectivity index (χ2n) is 1.41. The third kappa shape index (κ3) is 7.89. The lowest BCUT2D eigenvalue weighted by Gasteiger charge is -2.38. The van der Waals surface area contributed by atoms with E-state index in [1.165, 1.54) is 0 Å². The fourth-order valence-corrected chi connectivity index (χ4v) is 0.567. The first-order valence-corrected chi connectivity index (χ1v) is 3.87. The lowest BCUT2D eigenvalue weighted by atomic mass is 10.9. The van der Waals surface area contributed by atoms with Crippen LogP contribution in [-0.4, -0.2) is 13.3 Å². The number of halogens is 6. The lowest BCUT2D eigenvalue weighted by Crippen LogP contribution is -2.12. The van der Waals surface area contributed by atoms with Gasteiger partial charge in [-0.15, -0.1) is 0 Å². The highest BCUT2D eigenvalue weighted by atomic mass is 32.5. The van der Waals surface area contributed by atoms with E-state index in [1.54, 1.807) is 0 Å². The highest BCUT2D eigenvalue weighted by Gasteiger charge is 2.65. The number of alkyl halides is 1. The summed E-state index contributed by atoms with van der Waals surface area (Å²) in [5.41, 5.74) is 0. The van der Waals surface area contributed by atoms with Gasteiger partial charge in [-0.1, -0.05) is 19.4 Å². The molecular formula is C2H4F6OS. The van der Waals surface area contributed by atoms with Crippen LogP contribution in [0.15, 0.2) is 0 Å². The average molecular weight is 190 g/mol. The molecule has 0 heterocycles. The van der Waals surface area contributed by atoms with Gasteiger partial charge in [0.2, 0.25) is 0 Å². The first-order chi connectivity index (χ1) is 4.04. The predicted molar refractivity (Wildman–Crippen MR) is 25.1 cm³/mol. The van der Waals surface area contributed by atoms with Crippen LogP contribution in [0.4, 0.5) is 23.8 Å². The molecule has 0 rings (SSSR count). The highest BCUT2D eigenvalue weighted by molar-refractivity contribution is 8.42. The maximum atomic E-state index is 11.0. The fourth-order valence-electron chi connectivity index (χ4n) is 0.189. The maximum Gasteiger partial charge on any atom is 0.397 e. The standard InChI is InChI=1S/C2H4F6OS/c3-1-2-9-10(4,5,6,7)8/h1-2H2. The van der Waals surface area contributed by atoms with Gasteiger partial charge in [0.05, 0.1) is 6.61 Å². The van der Waals surface area contributed by atoms with Crippen LogP contribution >= 0.6 is 10.5 Å². The van der Waals surface area contributed by atoms with Crippen LogP contribution in [0.2, 0.25) is 0 Å². The molecule has 0 aromatic carbocycles. The van der Waals surface area contributed by atoms with Gasteiger partial charge in [0.15, 0.2) is 0 Å². The average Bonchev–Trinajstić information content (AvgIpc) is 1.55. The van der Waals surface area contributed by atoms with Crippen molar-refractivity contribution >= 4 is 10.5 Å². The Morgan fingerprint density at radius 3 is 1.50 bits per heavy atom. The van der Waals surface area contributed by atoms with Gasteiger partial charge in [0.1, 0.15) is 6.67 Å². The summed E-state index contributed by atoms with van der Waals surface area (Å²) in [6.45, 7) is -3.25. The first-order valence-electron chi connectivity index (χ1n) is 1.99. The molecule has 0 N–H and O–H groups in total. The van der Waals surface area contributed by atoms with Crippen LogP contribution in [0.5, 0.6) is 0 Å². The highest BCUT2D eigenvalue weighted by Crippen LogP contribution is 2.98. The molecule has 0 aliphatic carbocycles. The molecule has 0 aromatic heterocycles. The van der Waals surface area contributed by atoms with Crippen LogP contribution in [0.1, 0.15) is 0 Å². The molecule has 0 fully saturated rings. The Kier molecular flexibility index (Phi) is 1.71. The van der Waals surface area contributed by atoms with Crippen molar-refractivity contribution < 1.29 is 28.0 Å². The normalized spacial score (nSPS) is 19.8. The van der Waals surface area contributed by atoms with Crippen LogP contribution < -0.4 is 0 Å². The summed E-state index contributed by atoms with van der Waals surface area (Å²) in [6, 6.07) is 0. The molecule has 0 saturated heterocycles. The summed E-state index contributed by atoms with van der Waals surface area (Å²) in [4.78, 5) is 0. The molecule has 8 heteroatoms. The zero-order valence-electron chi connectivity index (χ0n) is 4.50. The third-order valence-corrected chi connectivity index (χ3v) is 0.995. The fraction of sp³-hybridized carbons (Fsp3) is 1.00. The summed E-state index contributed by atoms with van der Waals surface area (Å²) in [6.07, 6.45) is 0. The molecule has 1 nitrogen and oxygen atoms in total. The Labute approximate surface area is 52.9 Å². The van der Waals surface area contributed by atoms with E-state index < -0.39 is 23.8 Å². The summed E-state index contributed by atoms with van der Waals surface area (Å²) in [5, 5.41) is 0. The molecule has 0 radical (unpaired) electrons. The second-order valence-corrected chi connectivity index (χ2v) is 3.44. The van der Waals surface area contributed by atoms with Crippen molar-refractivity contribution in [3.63, 3.8) is 0 Å². The largest absolute Gasteiger partial charge is 0.397 e. The lowest BCUT2D eigenvalue weighted by molar-refractivity contribution is 0.144. The topological polar surface area (TPSA) is 9.23 Å². The van der Waals surface area contributed by atoms with Gasteiger partial charge in [0, 0.05) is 0 Å². The molecular weight excluding hydrogens is 186 g/mol. The minimum absolute atomic E-state index is 1.59. The van der Waals surface area contributed by atoms with Crippen LogP contribution in [-0.2, 0) is 4.18 Å². The molecule has 0 bridgehead atoms. The number of rotatable bonds is 3.